The Morgan fingerprint density at radius 2 is 2.11 bits per heavy atom. The Labute approximate surface area is 117 Å². The summed E-state index contributed by atoms with van der Waals surface area (Å²) < 4.78 is 5.70. The van der Waals surface area contributed by atoms with Gasteiger partial charge in [-0.25, -0.2) is 0 Å². The molecule has 0 saturated carbocycles. The van der Waals surface area contributed by atoms with Crippen LogP contribution >= 0.6 is 11.6 Å². The van der Waals surface area contributed by atoms with Crippen molar-refractivity contribution in [3.63, 3.8) is 0 Å². The maximum Gasteiger partial charge on any atom is 0.125 e. The monoisotopic (exact) mass is 274 g/mol. The molecule has 0 fully saturated rings. The van der Waals surface area contributed by atoms with Crippen molar-refractivity contribution in [3.8, 4) is 5.75 Å². The summed E-state index contributed by atoms with van der Waals surface area (Å²) in [4.78, 5) is 4.11. The molecule has 1 aliphatic heterocycles. The van der Waals surface area contributed by atoms with Gasteiger partial charge in [0.25, 0.3) is 0 Å². The molecule has 1 aromatic heterocycles. The van der Waals surface area contributed by atoms with E-state index in [1.54, 1.807) is 6.20 Å². The minimum absolute atomic E-state index is 0.748. The molecule has 3 rings (SSSR count). The maximum atomic E-state index is 6.15. The minimum atomic E-state index is 0.748. The molecule has 0 aliphatic carbocycles. The molecule has 0 bridgehead atoms. The van der Waals surface area contributed by atoms with Gasteiger partial charge in [0.05, 0.1) is 6.61 Å². The quantitative estimate of drug-likeness (QED) is 0.936. The summed E-state index contributed by atoms with van der Waals surface area (Å²) >= 11 is 6.15. The highest BCUT2D eigenvalue weighted by molar-refractivity contribution is 6.30. The fourth-order valence-electron chi connectivity index (χ4n) is 2.45. The number of hydrogen-bond acceptors (Lipinski definition) is 3. The first kappa shape index (κ1) is 12.3. The highest BCUT2D eigenvalue weighted by Crippen LogP contribution is 2.33. The van der Waals surface area contributed by atoms with Crippen molar-refractivity contribution in [1.29, 1.82) is 0 Å². The highest BCUT2D eigenvalue weighted by Gasteiger charge is 2.17. The van der Waals surface area contributed by atoms with E-state index in [0.717, 1.165) is 53.5 Å². The van der Waals surface area contributed by atoms with Gasteiger partial charge in [0.1, 0.15) is 5.75 Å². The van der Waals surface area contributed by atoms with Crippen LogP contribution in [0.25, 0.3) is 0 Å². The van der Waals surface area contributed by atoms with Gasteiger partial charge in [-0.3, -0.25) is 4.98 Å². The zero-order valence-electron chi connectivity index (χ0n) is 10.5. The Morgan fingerprint density at radius 1 is 1.26 bits per heavy atom. The van der Waals surface area contributed by atoms with Gasteiger partial charge in [-0.2, -0.15) is 0 Å². The van der Waals surface area contributed by atoms with Crippen LogP contribution in [0.5, 0.6) is 5.75 Å². The normalized spacial score (nSPS) is 13.1. The first-order valence-electron chi connectivity index (χ1n) is 6.36. The summed E-state index contributed by atoms with van der Waals surface area (Å²) in [5.41, 5.74) is 10.1. The number of benzene rings is 1. The fraction of sp³-hybridized carbons (Fsp3) is 0.267. The Morgan fingerprint density at radius 3 is 2.95 bits per heavy atom. The lowest BCUT2D eigenvalue weighted by Crippen LogP contribution is -1.99. The Balaban J connectivity index is 1.83. The smallest absolute Gasteiger partial charge is 0.125 e. The number of hydrogen-bond donors (Lipinski definition) is 1. The van der Waals surface area contributed by atoms with Crippen LogP contribution in [0.1, 0.15) is 16.7 Å². The summed E-state index contributed by atoms with van der Waals surface area (Å²) in [7, 11) is 0. The Bertz CT molecular complexity index is 613. The number of fused-ring (bicyclic) bond motifs is 1. The molecule has 0 atom stereocenters. The average molecular weight is 275 g/mol. The van der Waals surface area contributed by atoms with Crippen LogP contribution < -0.4 is 10.5 Å². The van der Waals surface area contributed by atoms with Crippen molar-refractivity contribution in [1.82, 2.24) is 4.98 Å². The molecule has 3 nitrogen and oxygen atoms in total. The summed E-state index contributed by atoms with van der Waals surface area (Å²) in [5, 5.41) is 0.776. The van der Waals surface area contributed by atoms with Gasteiger partial charge in [-0.15, -0.1) is 0 Å². The zero-order chi connectivity index (χ0) is 13.2. The van der Waals surface area contributed by atoms with Crippen molar-refractivity contribution in [2.45, 2.75) is 19.3 Å². The Kier molecular flexibility index (Phi) is 3.30. The van der Waals surface area contributed by atoms with Gasteiger partial charge >= 0.3 is 0 Å². The molecule has 19 heavy (non-hydrogen) atoms. The van der Waals surface area contributed by atoms with Gasteiger partial charge in [0.2, 0.25) is 0 Å². The number of ether oxygens (including phenoxy) is 1. The minimum Gasteiger partial charge on any atom is -0.493 e. The van der Waals surface area contributed by atoms with E-state index in [-0.39, 0.29) is 0 Å². The van der Waals surface area contributed by atoms with Gasteiger partial charge in [0, 0.05) is 29.5 Å². The number of rotatable bonds is 3. The second-order valence-corrected chi connectivity index (χ2v) is 5.16. The van der Waals surface area contributed by atoms with Crippen molar-refractivity contribution in [3.05, 3.63) is 52.3 Å². The van der Waals surface area contributed by atoms with E-state index in [9.17, 15) is 0 Å². The molecule has 0 saturated heterocycles. The molecule has 2 N–H and O–H groups in total. The van der Waals surface area contributed by atoms with Gasteiger partial charge in [-0.05, 0) is 47.7 Å². The van der Waals surface area contributed by atoms with Gasteiger partial charge in [0.15, 0.2) is 0 Å². The van der Waals surface area contributed by atoms with E-state index in [1.807, 2.05) is 24.4 Å². The number of nitrogens with zero attached hydrogens (tertiary/aromatic N) is 1. The van der Waals surface area contributed by atoms with Crippen LogP contribution in [0.3, 0.4) is 0 Å². The second kappa shape index (κ2) is 5.10. The summed E-state index contributed by atoms with van der Waals surface area (Å²) in [5.74, 6) is 1.01. The van der Waals surface area contributed by atoms with Gasteiger partial charge in [-0.1, -0.05) is 11.6 Å². The lowest BCUT2D eigenvalue weighted by molar-refractivity contribution is 0.353. The molecule has 0 spiro atoms. The van der Waals surface area contributed by atoms with Crippen LogP contribution in [0.4, 0.5) is 5.69 Å². The molecule has 1 aromatic carbocycles. The number of nitrogen functional groups attached to an aromatic ring is 1. The van der Waals surface area contributed by atoms with Crippen LogP contribution in [-0.4, -0.2) is 11.6 Å². The molecule has 1 aliphatic rings. The summed E-state index contributed by atoms with van der Waals surface area (Å²) in [6.07, 6.45) is 6.17. The van der Waals surface area contributed by atoms with Crippen molar-refractivity contribution in [2.75, 3.05) is 12.3 Å². The van der Waals surface area contributed by atoms with Crippen molar-refractivity contribution in [2.24, 2.45) is 0 Å². The van der Waals surface area contributed by atoms with Crippen LogP contribution in [0.15, 0.2) is 30.6 Å². The van der Waals surface area contributed by atoms with E-state index < -0.39 is 0 Å². The molecule has 4 heteroatoms. The third-order valence-electron chi connectivity index (χ3n) is 3.43. The molecule has 0 unspecified atom stereocenters. The number of halogens is 1. The van der Waals surface area contributed by atoms with Crippen LogP contribution in [0, 0.1) is 0 Å². The highest BCUT2D eigenvalue weighted by atomic mass is 35.5. The van der Waals surface area contributed by atoms with Gasteiger partial charge < -0.3 is 10.5 Å². The molecule has 0 amide bonds. The predicted molar refractivity (Wildman–Crippen MR) is 76.7 cm³/mol. The number of anilines is 1. The van der Waals surface area contributed by atoms with E-state index >= 15 is 0 Å². The van der Waals surface area contributed by atoms with E-state index in [0.29, 0.717) is 0 Å². The number of aromatic nitrogens is 1. The number of nitrogens with two attached hydrogens (primary N) is 1. The third kappa shape index (κ3) is 2.51. The lowest BCUT2D eigenvalue weighted by atomic mass is 10.0. The first-order valence-corrected chi connectivity index (χ1v) is 6.74. The zero-order valence-corrected chi connectivity index (χ0v) is 11.3. The van der Waals surface area contributed by atoms with Crippen LogP contribution in [0.2, 0.25) is 5.02 Å². The summed E-state index contributed by atoms with van der Waals surface area (Å²) in [6.45, 7) is 0.748. The first-order chi connectivity index (χ1) is 9.24. The van der Waals surface area contributed by atoms with E-state index in [2.05, 4.69) is 4.98 Å². The largest absolute Gasteiger partial charge is 0.493 e. The fourth-order valence-corrected chi connectivity index (χ4v) is 2.71. The SMILES string of the molecule is Nc1ccncc1CCc1cc(Cl)cc2c1OCC2. The lowest BCUT2D eigenvalue weighted by Gasteiger charge is -2.10. The molecular weight excluding hydrogens is 260 g/mol. The predicted octanol–water partition coefficient (Wildman–Crippen LogP) is 3.04. The topological polar surface area (TPSA) is 48.1 Å². The van der Waals surface area contributed by atoms with Crippen LogP contribution in [-0.2, 0) is 19.3 Å². The molecule has 98 valence electrons. The summed E-state index contributed by atoms with van der Waals surface area (Å²) in [6, 6.07) is 5.80. The molecule has 0 radical (unpaired) electrons. The van der Waals surface area contributed by atoms with Crippen molar-refractivity contribution >= 4 is 17.3 Å². The molecule has 2 aromatic rings. The standard InChI is InChI=1S/C15H15ClN2O/c16-13-7-10(15-11(8-13)4-6-19-15)1-2-12-9-18-5-3-14(12)17/h3,5,7-9H,1-2,4,6H2,(H2,17,18). The molecular formula is C15H15ClN2O. The molecule has 2 heterocycles. The van der Waals surface area contributed by atoms with Crippen molar-refractivity contribution < 1.29 is 4.74 Å². The number of pyridine rings is 1. The Hall–Kier alpha value is -1.74. The number of aryl methyl sites for hydroxylation is 2. The third-order valence-corrected chi connectivity index (χ3v) is 3.65. The van der Waals surface area contributed by atoms with E-state index in [1.165, 1.54) is 5.56 Å². The average Bonchev–Trinajstić information content (AvgIpc) is 2.85. The second-order valence-electron chi connectivity index (χ2n) is 4.73. The maximum absolute atomic E-state index is 6.15. The van der Waals surface area contributed by atoms with E-state index in [4.69, 9.17) is 22.1 Å².